The number of nitrogens with two attached hydrogens (primary N) is 1. The van der Waals surface area contributed by atoms with Gasteiger partial charge in [-0.15, -0.1) is 0 Å². The molecule has 13 heteroatoms. The minimum absolute atomic E-state index is 0.150. The molecule has 1 aliphatic carbocycles. The number of rotatable bonds is 11. The maximum atomic E-state index is 13.0. The first-order valence-corrected chi connectivity index (χ1v) is 14.3. The molecule has 0 radical (unpaired) electrons. The van der Waals surface area contributed by atoms with Gasteiger partial charge in [0.05, 0.1) is 23.9 Å². The van der Waals surface area contributed by atoms with Crippen molar-refractivity contribution < 1.29 is 27.9 Å². The smallest absolute Gasteiger partial charge is 0.358 e. The highest BCUT2D eigenvalue weighted by Gasteiger charge is 2.46. The molecule has 200 valence electrons. The fourth-order valence-corrected chi connectivity index (χ4v) is 5.18. The predicted octanol–water partition coefficient (Wildman–Crippen LogP) is 4.78. The lowest BCUT2D eigenvalue weighted by molar-refractivity contribution is -0.160. The molecule has 0 bridgehead atoms. The van der Waals surface area contributed by atoms with Crippen LogP contribution in [0.5, 0.6) is 0 Å². The molecule has 11 nitrogen and oxygen atoms in total. The van der Waals surface area contributed by atoms with Crippen LogP contribution in [0.1, 0.15) is 39.2 Å². The van der Waals surface area contributed by atoms with Gasteiger partial charge in [-0.2, -0.15) is 4.98 Å². The predicted molar refractivity (Wildman–Crippen MR) is 139 cm³/mol. The standard InChI is InChI=1S/C24H32N5O6PS/c1-16-6-8-17(9-7-16)37-20-18-19(27-22(25)28-20)29(13-26-18)12-24(10-11-24)34-15-36(31,32-5)35-14-33-21(30)23(2,3)4/h6-9,13H,10-12,14-15H2,1-5H3,(H2,25,27,28). The monoisotopic (exact) mass is 549 g/mol. The van der Waals surface area contributed by atoms with Crippen LogP contribution in [0.25, 0.3) is 11.2 Å². The lowest BCUT2D eigenvalue weighted by Gasteiger charge is -2.22. The van der Waals surface area contributed by atoms with Crippen LogP contribution in [0.3, 0.4) is 0 Å². The first-order valence-electron chi connectivity index (χ1n) is 11.8. The minimum atomic E-state index is -3.63. The Balaban J connectivity index is 1.42. The third kappa shape index (κ3) is 6.88. The van der Waals surface area contributed by atoms with Gasteiger partial charge in [0.2, 0.25) is 12.7 Å². The number of ether oxygens (including phenoxy) is 2. The van der Waals surface area contributed by atoms with Crippen LogP contribution in [-0.2, 0) is 34.4 Å². The van der Waals surface area contributed by atoms with E-state index in [0.29, 0.717) is 22.7 Å². The number of fused-ring (bicyclic) bond motifs is 1. The number of benzene rings is 1. The average molecular weight is 550 g/mol. The van der Waals surface area contributed by atoms with Crippen LogP contribution in [0, 0.1) is 12.3 Å². The number of nitrogen functional groups attached to an aromatic ring is 1. The third-order valence-electron chi connectivity index (χ3n) is 5.81. The van der Waals surface area contributed by atoms with Crippen molar-refractivity contribution in [1.82, 2.24) is 19.5 Å². The van der Waals surface area contributed by atoms with E-state index in [0.717, 1.165) is 17.7 Å². The van der Waals surface area contributed by atoms with Crippen molar-refractivity contribution in [1.29, 1.82) is 0 Å². The molecular weight excluding hydrogens is 517 g/mol. The molecule has 0 aliphatic heterocycles. The zero-order valence-electron chi connectivity index (χ0n) is 21.6. The summed E-state index contributed by atoms with van der Waals surface area (Å²) in [5.41, 5.74) is 7.16. The Labute approximate surface area is 220 Å². The number of esters is 1. The number of carbonyl (C=O) groups is 1. The number of hydrogen-bond donors (Lipinski definition) is 1. The number of aromatic nitrogens is 4. The van der Waals surface area contributed by atoms with Crippen LogP contribution in [0.2, 0.25) is 0 Å². The summed E-state index contributed by atoms with van der Waals surface area (Å²) in [6, 6.07) is 8.12. The molecule has 0 spiro atoms. The lowest BCUT2D eigenvalue weighted by atomic mass is 9.98. The molecule has 1 atom stereocenters. The van der Waals surface area contributed by atoms with E-state index in [4.69, 9.17) is 24.3 Å². The van der Waals surface area contributed by atoms with Gasteiger partial charge in [-0.3, -0.25) is 13.9 Å². The van der Waals surface area contributed by atoms with Crippen molar-refractivity contribution in [3.05, 3.63) is 36.2 Å². The minimum Gasteiger partial charge on any atom is -0.438 e. The van der Waals surface area contributed by atoms with E-state index in [-0.39, 0.29) is 12.3 Å². The zero-order chi connectivity index (χ0) is 26.8. The number of carbonyl (C=O) groups excluding carboxylic acids is 1. The molecule has 3 aromatic rings. The zero-order valence-corrected chi connectivity index (χ0v) is 23.3. The quantitative estimate of drug-likeness (QED) is 0.153. The van der Waals surface area contributed by atoms with E-state index < -0.39 is 31.4 Å². The fourth-order valence-electron chi connectivity index (χ4n) is 3.37. The van der Waals surface area contributed by atoms with Crippen LogP contribution in [0.15, 0.2) is 40.5 Å². The fraction of sp³-hybridized carbons (Fsp3) is 0.500. The van der Waals surface area contributed by atoms with Gasteiger partial charge in [0.25, 0.3) is 0 Å². The van der Waals surface area contributed by atoms with Gasteiger partial charge in [-0.05, 0) is 52.7 Å². The summed E-state index contributed by atoms with van der Waals surface area (Å²) in [6.45, 7) is 7.13. The molecule has 1 fully saturated rings. The van der Waals surface area contributed by atoms with E-state index in [9.17, 15) is 9.36 Å². The SMILES string of the molecule is COP(=O)(COC1(Cn2cnc3c(Sc4ccc(C)cc4)nc(N)nc32)CC1)OCOC(=O)C(C)(C)C. The van der Waals surface area contributed by atoms with Crippen LogP contribution < -0.4 is 5.73 Å². The number of hydrogen-bond acceptors (Lipinski definition) is 11. The van der Waals surface area contributed by atoms with Gasteiger partial charge >= 0.3 is 13.6 Å². The Hall–Kier alpha value is -2.50. The summed E-state index contributed by atoms with van der Waals surface area (Å²) >= 11 is 1.47. The molecule has 1 unspecified atom stereocenters. The van der Waals surface area contributed by atoms with Crippen molar-refractivity contribution in [3.8, 4) is 0 Å². The van der Waals surface area contributed by atoms with Crippen molar-refractivity contribution >= 4 is 42.4 Å². The van der Waals surface area contributed by atoms with Crippen LogP contribution >= 0.6 is 19.4 Å². The normalized spacial score (nSPS) is 16.5. The molecule has 1 saturated carbocycles. The highest BCUT2D eigenvalue weighted by Crippen LogP contribution is 2.51. The Morgan fingerprint density at radius 2 is 1.92 bits per heavy atom. The molecule has 0 saturated heterocycles. The molecule has 4 rings (SSSR count). The Kier molecular flexibility index (Phi) is 7.96. The first kappa shape index (κ1) is 27.5. The van der Waals surface area contributed by atoms with Crippen LogP contribution in [-0.4, -0.2) is 51.3 Å². The molecule has 1 aliphatic rings. The highest BCUT2D eigenvalue weighted by molar-refractivity contribution is 7.99. The maximum Gasteiger partial charge on any atom is 0.358 e. The van der Waals surface area contributed by atoms with Crippen molar-refractivity contribution in [2.45, 2.75) is 62.6 Å². The molecule has 37 heavy (non-hydrogen) atoms. The van der Waals surface area contributed by atoms with Crippen molar-refractivity contribution in [2.75, 3.05) is 26.0 Å². The van der Waals surface area contributed by atoms with Crippen molar-refractivity contribution in [3.63, 3.8) is 0 Å². The van der Waals surface area contributed by atoms with Crippen molar-refractivity contribution in [2.24, 2.45) is 5.41 Å². The number of imidazole rings is 1. The van der Waals surface area contributed by atoms with E-state index in [2.05, 4.69) is 15.0 Å². The topological polar surface area (TPSA) is 141 Å². The molecule has 2 aromatic heterocycles. The summed E-state index contributed by atoms with van der Waals surface area (Å²) in [4.78, 5) is 26.3. The Morgan fingerprint density at radius 1 is 1.22 bits per heavy atom. The second kappa shape index (κ2) is 10.7. The number of aryl methyl sites for hydroxylation is 1. The van der Waals surface area contributed by atoms with E-state index in [1.807, 2.05) is 35.8 Å². The number of nitrogens with zero attached hydrogens (tertiary/aromatic N) is 4. The van der Waals surface area contributed by atoms with Gasteiger partial charge < -0.3 is 24.3 Å². The van der Waals surface area contributed by atoms with Gasteiger partial charge in [-0.1, -0.05) is 29.5 Å². The summed E-state index contributed by atoms with van der Waals surface area (Å²) in [5, 5.41) is 0.665. The first-order chi connectivity index (χ1) is 17.4. The molecule has 1 aromatic carbocycles. The second-order valence-corrected chi connectivity index (χ2v) is 13.2. The van der Waals surface area contributed by atoms with Gasteiger partial charge in [-0.25, -0.2) is 9.97 Å². The maximum absolute atomic E-state index is 13.0. The summed E-state index contributed by atoms with van der Waals surface area (Å²) in [7, 11) is -2.37. The number of anilines is 1. The van der Waals surface area contributed by atoms with Crippen LogP contribution in [0.4, 0.5) is 5.95 Å². The van der Waals surface area contributed by atoms with E-state index in [1.54, 1.807) is 27.1 Å². The molecule has 2 heterocycles. The average Bonchev–Trinajstić information content (AvgIpc) is 3.50. The van der Waals surface area contributed by atoms with Gasteiger partial charge in [0, 0.05) is 12.0 Å². The third-order valence-corrected chi connectivity index (χ3v) is 8.30. The van der Waals surface area contributed by atoms with E-state index >= 15 is 0 Å². The molecule has 0 amide bonds. The summed E-state index contributed by atoms with van der Waals surface area (Å²) in [6.07, 6.45) is 2.90. The Morgan fingerprint density at radius 3 is 2.54 bits per heavy atom. The summed E-state index contributed by atoms with van der Waals surface area (Å²) in [5.74, 6) is -0.320. The largest absolute Gasteiger partial charge is 0.438 e. The Bertz CT molecular complexity index is 1320. The van der Waals surface area contributed by atoms with Gasteiger partial charge in [0.15, 0.2) is 5.65 Å². The van der Waals surface area contributed by atoms with E-state index in [1.165, 1.54) is 24.4 Å². The second-order valence-electron chi connectivity index (χ2n) is 10.0. The summed E-state index contributed by atoms with van der Waals surface area (Å²) < 4.78 is 36.3. The lowest BCUT2D eigenvalue weighted by Crippen LogP contribution is -2.25. The molecule has 2 N–H and O–H groups in total. The highest BCUT2D eigenvalue weighted by atomic mass is 32.2. The molecular formula is C24H32N5O6PS. The van der Waals surface area contributed by atoms with Gasteiger partial charge in [0.1, 0.15) is 16.9 Å².